The molecule has 0 aromatic heterocycles. The molecule has 15 heavy (non-hydrogen) atoms. The van der Waals surface area contributed by atoms with Gasteiger partial charge in [0.2, 0.25) is 0 Å². The Labute approximate surface area is 87.7 Å². The average Bonchev–Trinajstić information content (AvgIpc) is 2.16. The fraction of sp³-hybridized carbons (Fsp3) is 0.364. The van der Waals surface area contributed by atoms with E-state index in [1.807, 2.05) is 6.92 Å². The maximum Gasteiger partial charge on any atom is 0.320 e. The van der Waals surface area contributed by atoms with Crippen molar-refractivity contribution in [1.29, 1.82) is 0 Å². The highest BCUT2D eigenvalue weighted by Gasteiger charge is 2.12. The van der Waals surface area contributed by atoms with Gasteiger partial charge in [-0.15, -0.1) is 0 Å². The third-order valence-electron chi connectivity index (χ3n) is 2.20. The number of aliphatic carboxylic acids is 1. The van der Waals surface area contributed by atoms with Crippen LogP contribution in [0.4, 0.5) is 4.39 Å². The van der Waals surface area contributed by atoms with Crippen LogP contribution in [-0.4, -0.2) is 17.1 Å². The number of hydrogen-bond acceptors (Lipinski definition) is 2. The maximum atomic E-state index is 13.1. The first-order valence-electron chi connectivity index (χ1n) is 4.79. The predicted octanol–water partition coefficient (Wildman–Crippen LogP) is 1.34. The molecular formula is C11H14FNO2. The van der Waals surface area contributed by atoms with Gasteiger partial charge >= 0.3 is 5.97 Å². The first kappa shape index (κ1) is 11.7. The number of aryl methyl sites for hydroxylation is 1. The fourth-order valence-corrected chi connectivity index (χ4v) is 1.38. The Morgan fingerprint density at radius 1 is 1.47 bits per heavy atom. The highest BCUT2D eigenvalue weighted by atomic mass is 19.1. The van der Waals surface area contributed by atoms with Crippen LogP contribution in [-0.2, 0) is 17.6 Å². The van der Waals surface area contributed by atoms with Crippen molar-refractivity contribution >= 4 is 5.97 Å². The summed E-state index contributed by atoms with van der Waals surface area (Å²) < 4.78 is 13.1. The number of benzene rings is 1. The molecule has 82 valence electrons. The summed E-state index contributed by atoms with van der Waals surface area (Å²) in [6.07, 6.45) is 0.868. The molecular weight excluding hydrogens is 197 g/mol. The molecule has 0 fully saturated rings. The summed E-state index contributed by atoms with van der Waals surface area (Å²) in [5, 5.41) is 8.62. The number of hydrogen-bond donors (Lipinski definition) is 2. The average molecular weight is 211 g/mol. The van der Waals surface area contributed by atoms with E-state index >= 15 is 0 Å². The maximum absolute atomic E-state index is 13.1. The van der Waals surface area contributed by atoms with Crippen molar-refractivity contribution in [3.8, 4) is 0 Å². The zero-order valence-corrected chi connectivity index (χ0v) is 8.53. The van der Waals surface area contributed by atoms with E-state index < -0.39 is 12.0 Å². The van der Waals surface area contributed by atoms with Gasteiger partial charge in [0.05, 0.1) is 0 Å². The summed E-state index contributed by atoms with van der Waals surface area (Å²) in [6, 6.07) is 3.57. The number of halogens is 1. The normalized spacial score (nSPS) is 12.5. The Morgan fingerprint density at radius 2 is 2.07 bits per heavy atom. The van der Waals surface area contributed by atoms with Crippen LogP contribution in [0.25, 0.3) is 0 Å². The Hall–Kier alpha value is -1.42. The molecule has 4 heteroatoms. The number of carboxylic acids is 1. The minimum absolute atomic E-state index is 0.153. The molecule has 0 aliphatic heterocycles. The summed E-state index contributed by atoms with van der Waals surface area (Å²) in [5.74, 6) is -1.42. The van der Waals surface area contributed by atoms with Crippen LogP contribution in [0, 0.1) is 5.82 Å². The molecule has 1 aromatic rings. The van der Waals surface area contributed by atoms with Crippen molar-refractivity contribution in [3.05, 3.63) is 35.1 Å². The van der Waals surface area contributed by atoms with Crippen molar-refractivity contribution < 1.29 is 14.3 Å². The van der Waals surface area contributed by atoms with Crippen LogP contribution >= 0.6 is 0 Å². The molecule has 0 saturated heterocycles. The number of carboxylic acid groups (broad SMARTS) is 1. The van der Waals surface area contributed by atoms with Gasteiger partial charge in [-0.25, -0.2) is 4.39 Å². The molecule has 1 unspecified atom stereocenters. The summed E-state index contributed by atoms with van der Waals surface area (Å²) in [7, 11) is 0. The minimum atomic E-state index is -1.07. The quantitative estimate of drug-likeness (QED) is 0.790. The van der Waals surface area contributed by atoms with E-state index in [2.05, 4.69) is 0 Å². The van der Waals surface area contributed by atoms with Crippen molar-refractivity contribution in [2.45, 2.75) is 25.8 Å². The van der Waals surface area contributed by atoms with Gasteiger partial charge in [0, 0.05) is 0 Å². The highest BCUT2D eigenvalue weighted by molar-refractivity contribution is 5.73. The highest BCUT2D eigenvalue weighted by Crippen LogP contribution is 2.11. The van der Waals surface area contributed by atoms with Crippen molar-refractivity contribution in [1.82, 2.24) is 0 Å². The molecule has 0 spiro atoms. The van der Waals surface area contributed by atoms with Crippen LogP contribution < -0.4 is 5.73 Å². The Bertz CT molecular complexity index is 366. The number of nitrogens with two attached hydrogens (primary N) is 1. The molecule has 0 radical (unpaired) electrons. The van der Waals surface area contributed by atoms with Crippen molar-refractivity contribution in [3.63, 3.8) is 0 Å². The summed E-state index contributed by atoms with van der Waals surface area (Å²) in [5.41, 5.74) is 6.84. The second-order valence-electron chi connectivity index (χ2n) is 3.47. The van der Waals surface area contributed by atoms with Crippen LogP contribution in [0.5, 0.6) is 0 Å². The Balaban J connectivity index is 2.85. The molecule has 3 nitrogen and oxygen atoms in total. The first-order chi connectivity index (χ1) is 7.02. The van der Waals surface area contributed by atoms with Gasteiger partial charge in [0.15, 0.2) is 0 Å². The predicted molar refractivity (Wildman–Crippen MR) is 55.1 cm³/mol. The molecule has 0 saturated carbocycles. The van der Waals surface area contributed by atoms with E-state index in [-0.39, 0.29) is 12.2 Å². The van der Waals surface area contributed by atoms with Gasteiger partial charge in [0.25, 0.3) is 0 Å². The van der Waals surface area contributed by atoms with Crippen molar-refractivity contribution in [2.75, 3.05) is 0 Å². The smallest absolute Gasteiger partial charge is 0.320 e. The molecule has 1 rings (SSSR count). The van der Waals surface area contributed by atoms with Gasteiger partial charge in [-0.05, 0) is 36.1 Å². The van der Waals surface area contributed by atoms with E-state index in [4.69, 9.17) is 10.8 Å². The molecule has 0 bridgehead atoms. The summed E-state index contributed by atoms with van der Waals surface area (Å²) in [6.45, 7) is 1.91. The van der Waals surface area contributed by atoms with Crippen LogP contribution in [0.3, 0.4) is 0 Å². The van der Waals surface area contributed by atoms with E-state index in [9.17, 15) is 9.18 Å². The van der Waals surface area contributed by atoms with Crippen LogP contribution in [0.15, 0.2) is 18.2 Å². The number of carbonyl (C=O) groups is 1. The van der Waals surface area contributed by atoms with E-state index in [1.165, 1.54) is 12.1 Å². The second kappa shape index (κ2) is 4.89. The van der Waals surface area contributed by atoms with Gasteiger partial charge < -0.3 is 10.8 Å². The third kappa shape index (κ3) is 3.32. The van der Waals surface area contributed by atoms with E-state index in [0.29, 0.717) is 12.0 Å². The molecule has 0 heterocycles. The standard InChI is InChI=1S/C11H14FNO2/c1-2-7-3-8(5-9(12)4-7)6-10(13)11(14)15/h3-5,10H,2,6,13H2,1H3,(H,14,15). The molecule has 0 aliphatic rings. The minimum Gasteiger partial charge on any atom is -0.480 e. The van der Waals surface area contributed by atoms with Gasteiger partial charge in [-0.1, -0.05) is 13.0 Å². The lowest BCUT2D eigenvalue weighted by Crippen LogP contribution is -2.32. The van der Waals surface area contributed by atoms with Gasteiger partial charge in [0.1, 0.15) is 11.9 Å². The third-order valence-corrected chi connectivity index (χ3v) is 2.20. The summed E-state index contributed by atoms with van der Waals surface area (Å²) >= 11 is 0. The topological polar surface area (TPSA) is 63.3 Å². The SMILES string of the molecule is CCc1cc(F)cc(CC(N)C(=O)O)c1. The van der Waals surface area contributed by atoms with Crippen LogP contribution in [0.2, 0.25) is 0 Å². The molecule has 1 atom stereocenters. The largest absolute Gasteiger partial charge is 0.480 e. The first-order valence-corrected chi connectivity index (χ1v) is 4.79. The Morgan fingerprint density at radius 3 is 2.60 bits per heavy atom. The van der Waals surface area contributed by atoms with Crippen LogP contribution in [0.1, 0.15) is 18.1 Å². The number of rotatable bonds is 4. The lowest BCUT2D eigenvalue weighted by Gasteiger charge is -2.08. The summed E-state index contributed by atoms with van der Waals surface area (Å²) in [4.78, 5) is 10.5. The van der Waals surface area contributed by atoms with Gasteiger partial charge in [-0.2, -0.15) is 0 Å². The Kier molecular flexibility index (Phi) is 3.80. The molecule has 3 N–H and O–H groups in total. The van der Waals surface area contributed by atoms with E-state index in [0.717, 1.165) is 5.56 Å². The zero-order valence-electron chi connectivity index (χ0n) is 8.53. The van der Waals surface area contributed by atoms with Gasteiger partial charge in [-0.3, -0.25) is 4.79 Å². The lowest BCUT2D eigenvalue weighted by atomic mass is 10.0. The molecule has 1 aromatic carbocycles. The lowest BCUT2D eigenvalue weighted by molar-refractivity contribution is -0.138. The zero-order chi connectivity index (χ0) is 11.4. The molecule has 0 aliphatic carbocycles. The fourth-order valence-electron chi connectivity index (χ4n) is 1.38. The van der Waals surface area contributed by atoms with Crippen molar-refractivity contribution in [2.24, 2.45) is 5.73 Å². The second-order valence-corrected chi connectivity index (χ2v) is 3.47. The molecule has 0 amide bonds. The monoisotopic (exact) mass is 211 g/mol. The van der Waals surface area contributed by atoms with E-state index in [1.54, 1.807) is 6.07 Å².